The largest absolute Gasteiger partial charge is 0.458 e. The summed E-state index contributed by atoms with van der Waals surface area (Å²) < 4.78 is 10.9. The average molecular weight is 480 g/mol. The normalized spacial score (nSPS) is 24.6. The van der Waals surface area contributed by atoms with E-state index in [1.54, 1.807) is 36.1 Å². The molecule has 1 spiro atoms. The third-order valence-electron chi connectivity index (χ3n) is 7.26. The summed E-state index contributed by atoms with van der Waals surface area (Å²) in [5, 5.41) is 0. The van der Waals surface area contributed by atoms with Crippen LogP contribution in [0.25, 0.3) is 0 Å². The van der Waals surface area contributed by atoms with E-state index in [0.717, 1.165) is 13.1 Å². The molecule has 0 saturated carbocycles. The first-order chi connectivity index (χ1) is 16.9. The highest BCUT2D eigenvalue weighted by atomic mass is 16.5. The lowest BCUT2D eigenvalue weighted by Gasteiger charge is -2.37. The Kier molecular flexibility index (Phi) is 6.06. The second-order valence-corrected chi connectivity index (χ2v) is 9.17. The first kappa shape index (κ1) is 23.4. The van der Waals surface area contributed by atoms with Crippen LogP contribution in [0.1, 0.15) is 35.2 Å². The van der Waals surface area contributed by atoms with Gasteiger partial charge in [0, 0.05) is 44.0 Å². The fraction of sp³-hybridized carbons (Fsp3) is 0.462. The molecule has 2 saturated heterocycles. The van der Waals surface area contributed by atoms with E-state index in [-0.39, 0.29) is 12.3 Å². The molecule has 3 aliphatic heterocycles. The molecule has 5 rings (SSSR count). The summed E-state index contributed by atoms with van der Waals surface area (Å²) in [7, 11) is 0. The van der Waals surface area contributed by atoms with Crippen LogP contribution in [0, 0.1) is 12.8 Å². The van der Waals surface area contributed by atoms with Crippen molar-refractivity contribution >= 4 is 29.1 Å². The van der Waals surface area contributed by atoms with Gasteiger partial charge in [-0.05, 0) is 38.5 Å². The van der Waals surface area contributed by atoms with Crippen LogP contribution in [0.15, 0.2) is 40.8 Å². The molecule has 2 atom stereocenters. The summed E-state index contributed by atoms with van der Waals surface area (Å²) in [6, 6.07) is 10.2. The number of hydrogen-bond acceptors (Lipinski definition) is 7. The van der Waals surface area contributed by atoms with Crippen LogP contribution in [0.4, 0.5) is 5.69 Å². The molecule has 3 aliphatic rings. The van der Waals surface area contributed by atoms with Crippen molar-refractivity contribution in [2.75, 3.05) is 50.8 Å². The Labute approximate surface area is 203 Å². The number of fused-ring (bicyclic) bond motifs is 2. The number of Topliss-reactive ketones (excluding diaryl/α,β-unsaturated/α-hetero) is 2. The lowest BCUT2D eigenvalue weighted by atomic mass is 9.76. The number of ketones is 2. The number of hydrogen-bond donors (Lipinski definition) is 0. The molecule has 35 heavy (non-hydrogen) atoms. The van der Waals surface area contributed by atoms with Gasteiger partial charge >= 0.3 is 0 Å². The van der Waals surface area contributed by atoms with Crippen LogP contribution in [0.3, 0.4) is 0 Å². The molecular weight excluding hydrogens is 450 g/mol. The summed E-state index contributed by atoms with van der Waals surface area (Å²) in [5.41, 5.74) is -0.586. The van der Waals surface area contributed by atoms with E-state index in [4.69, 9.17) is 9.15 Å². The zero-order valence-electron chi connectivity index (χ0n) is 20.0. The number of ether oxygens (including phenoxy) is 1. The number of rotatable bonds is 7. The number of likely N-dealkylation sites (N-methyl/N-ethyl adjacent to an activating group) is 1. The van der Waals surface area contributed by atoms with Crippen molar-refractivity contribution in [3.63, 3.8) is 0 Å². The van der Waals surface area contributed by atoms with Gasteiger partial charge in [0.15, 0.2) is 11.3 Å². The van der Waals surface area contributed by atoms with E-state index in [2.05, 4.69) is 4.90 Å². The van der Waals surface area contributed by atoms with Crippen molar-refractivity contribution in [3.8, 4) is 0 Å². The van der Waals surface area contributed by atoms with Gasteiger partial charge in [-0.25, -0.2) is 0 Å². The number of carbonyl (C=O) groups is 4. The highest BCUT2D eigenvalue weighted by molar-refractivity contribution is 6.46. The van der Waals surface area contributed by atoms with Gasteiger partial charge in [0.05, 0.1) is 13.2 Å². The number of likely N-dealkylation sites (tertiary alicyclic amines) is 1. The van der Waals surface area contributed by atoms with Crippen molar-refractivity contribution in [3.05, 3.63) is 53.5 Å². The molecule has 2 fully saturated rings. The van der Waals surface area contributed by atoms with Gasteiger partial charge in [0.1, 0.15) is 11.7 Å². The molecular formula is C26H29N3O6. The topological polar surface area (TPSA) is 100 Å². The maximum atomic E-state index is 14.1. The maximum absolute atomic E-state index is 14.1. The van der Waals surface area contributed by atoms with Crippen molar-refractivity contribution in [2.24, 2.45) is 5.92 Å². The summed E-state index contributed by atoms with van der Waals surface area (Å²) in [5.74, 6) is -3.75. The van der Waals surface area contributed by atoms with E-state index >= 15 is 0 Å². The number of amides is 2. The monoisotopic (exact) mass is 479 g/mol. The smallest absolute Gasteiger partial charge is 0.292 e. The van der Waals surface area contributed by atoms with Crippen LogP contribution < -0.4 is 4.90 Å². The standard InChI is InChI=1S/C26H29N3O6/c1-3-28-19-8-5-4-7-18(19)26(25(28)33)21(22(30)20-10-9-17(2)35-20)23(31)24(32)29(26)12-6-11-27-13-15-34-16-14-27/h4-5,7-10,21H,3,6,11-16H2,1-2H3. The lowest BCUT2D eigenvalue weighted by Crippen LogP contribution is -2.56. The predicted molar refractivity (Wildman–Crippen MR) is 126 cm³/mol. The first-order valence-electron chi connectivity index (χ1n) is 12.1. The number of nitrogens with zero attached hydrogens (tertiary/aromatic N) is 3. The Morgan fingerprint density at radius 1 is 1.06 bits per heavy atom. The van der Waals surface area contributed by atoms with Crippen molar-refractivity contribution in [1.82, 2.24) is 9.80 Å². The molecule has 0 aliphatic carbocycles. The number of aryl methyl sites for hydroxylation is 1. The van der Waals surface area contributed by atoms with Gasteiger partial charge in [-0.1, -0.05) is 18.2 Å². The Balaban J connectivity index is 1.58. The van der Waals surface area contributed by atoms with Crippen molar-refractivity contribution in [2.45, 2.75) is 25.8 Å². The van der Waals surface area contributed by atoms with E-state index < -0.39 is 34.8 Å². The Morgan fingerprint density at radius 2 is 1.80 bits per heavy atom. The van der Waals surface area contributed by atoms with Crippen LogP contribution >= 0.6 is 0 Å². The van der Waals surface area contributed by atoms with Crippen LogP contribution in [0.2, 0.25) is 0 Å². The van der Waals surface area contributed by atoms with E-state index in [1.165, 1.54) is 11.0 Å². The Hall–Kier alpha value is -3.30. The molecule has 9 heteroatoms. The summed E-state index contributed by atoms with van der Waals surface area (Å²) in [6.45, 7) is 7.65. The number of morpholine rings is 1. The summed E-state index contributed by atoms with van der Waals surface area (Å²) in [6.07, 6.45) is 0.559. The molecule has 2 aromatic rings. The maximum Gasteiger partial charge on any atom is 0.292 e. The van der Waals surface area contributed by atoms with E-state index in [1.807, 2.05) is 13.0 Å². The first-order valence-corrected chi connectivity index (χ1v) is 12.1. The minimum atomic E-state index is -1.72. The van der Waals surface area contributed by atoms with Gasteiger partial charge in [-0.3, -0.25) is 24.1 Å². The second-order valence-electron chi connectivity index (χ2n) is 9.17. The van der Waals surface area contributed by atoms with E-state index in [0.29, 0.717) is 49.7 Å². The van der Waals surface area contributed by atoms with Gasteiger partial charge in [-0.2, -0.15) is 0 Å². The Bertz CT molecular complexity index is 1180. The third-order valence-corrected chi connectivity index (χ3v) is 7.26. The molecule has 4 heterocycles. The molecule has 1 aromatic carbocycles. The zero-order valence-corrected chi connectivity index (χ0v) is 20.0. The van der Waals surface area contributed by atoms with Crippen LogP contribution in [-0.4, -0.2) is 79.1 Å². The van der Waals surface area contributed by atoms with Crippen LogP contribution in [-0.2, 0) is 24.7 Å². The summed E-state index contributed by atoms with van der Waals surface area (Å²) in [4.78, 5) is 59.9. The van der Waals surface area contributed by atoms with Gasteiger partial charge < -0.3 is 19.0 Å². The second kappa shape index (κ2) is 9.05. The summed E-state index contributed by atoms with van der Waals surface area (Å²) >= 11 is 0. The lowest BCUT2D eigenvalue weighted by molar-refractivity contribution is -0.143. The molecule has 2 amide bonds. The van der Waals surface area contributed by atoms with Crippen molar-refractivity contribution < 1.29 is 28.3 Å². The SMILES string of the molecule is CCN1C(=O)C2(c3ccccc31)C(C(=O)c1ccc(C)o1)C(=O)C(=O)N2CCCN1CCOCC1. The van der Waals surface area contributed by atoms with Crippen LogP contribution in [0.5, 0.6) is 0 Å². The molecule has 0 N–H and O–H groups in total. The van der Waals surface area contributed by atoms with Crippen molar-refractivity contribution in [1.29, 1.82) is 0 Å². The zero-order chi connectivity index (χ0) is 24.7. The Morgan fingerprint density at radius 3 is 2.49 bits per heavy atom. The quantitative estimate of drug-likeness (QED) is 0.339. The molecule has 184 valence electrons. The molecule has 9 nitrogen and oxygen atoms in total. The molecule has 0 radical (unpaired) electrons. The third kappa shape index (κ3) is 3.52. The van der Waals surface area contributed by atoms with Gasteiger partial charge in [0.2, 0.25) is 11.6 Å². The van der Waals surface area contributed by atoms with Gasteiger partial charge in [-0.15, -0.1) is 0 Å². The predicted octanol–water partition coefficient (Wildman–Crippen LogP) is 1.78. The fourth-order valence-corrected chi connectivity index (χ4v) is 5.65. The number of para-hydroxylation sites is 1. The number of furan rings is 1. The molecule has 2 unspecified atom stereocenters. The number of benzene rings is 1. The van der Waals surface area contributed by atoms with E-state index in [9.17, 15) is 19.2 Å². The highest BCUT2D eigenvalue weighted by Gasteiger charge is 2.70. The molecule has 0 bridgehead atoms. The minimum Gasteiger partial charge on any atom is -0.458 e. The van der Waals surface area contributed by atoms with Gasteiger partial charge in [0.25, 0.3) is 11.8 Å². The number of carbonyl (C=O) groups excluding carboxylic acids is 4. The molecule has 1 aromatic heterocycles. The average Bonchev–Trinajstić information content (AvgIpc) is 3.48. The minimum absolute atomic E-state index is 0.0246. The number of anilines is 1. The fourth-order valence-electron chi connectivity index (χ4n) is 5.65. The highest BCUT2D eigenvalue weighted by Crippen LogP contribution is 2.53.